The Morgan fingerprint density at radius 1 is 1.47 bits per heavy atom. The van der Waals surface area contributed by atoms with Crippen molar-refractivity contribution in [1.82, 2.24) is 10.7 Å². The third-order valence-electron chi connectivity index (χ3n) is 1.61. The number of hydrogen-bond donors (Lipinski definition) is 4. The molecule has 0 saturated carbocycles. The van der Waals surface area contributed by atoms with Crippen LogP contribution in [0, 0.1) is 0 Å². The molecule has 6 heteroatoms. The molecular weight excluding hydrogens is 214 g/mol. The third kappa shape index (κ3) is 3.43. The number of thiocarbonyl (C=S) groups is 1. The number of nitrogens with zero attached hydrogens (tertiary/aromatic N) is 1. The largest absolute Gasteiger partial charge is 0.508 e. The van der Waals surface area contributed by atoms with Gasteiger partial charge in [-0.25, -0.2) is 0 Å². The summed E-state index contributed by atoms with van der Waals surface area (Å²) in [4.78, 5) is 0. The van der Waals surface area contributed by atoms with Crippen molar-refractivity contribution in [3.8, 4) is 11.5 Å². The predicted molar refractivity (Wildman–Crippen MR) is 62.2 cm³/mol. The van der Waals surface area contributed by atoms with Gasteiger partial charge in [0.05, 0.1) is 6.21 Å². The van der Waals surface area contributed by atoms with Gasteiger partial charge < -0.3 is 15.5 Å². The van der Waals surface area contributed by atoms with Gasteiger partial charge in [0.15, 0.2) is 5.11 Å². The molecule has 1 aromatic carbocycles. The molecular formula is C9H11N3O2S. The summed E-state index contributed by atoms with van der Waals surface area (Å²) in [7, 11) is 1.67. The van der Waals surface area contributed by atoms with E-state index in [0.717, 1.165) is 0 Å². The fraction of sp³-hybridized carbons (Fsp3) is 0.111. The second-order valence-corrected chi connectivity index (χ2v) is 3.10. The standard InChI is InChI=1S/C9H11N3O2S/c1-10-9(15)12-11-5-6-2-3-7(13)4-8(6)14/h2-5,13-14H,1H3,(H2,10,12,15). The molecule has 0 fully saturated rings. The summed E-state index contributed by atoms with van der Waals surface area (Å²) in [5.41, 5.74) is 3.02. The second-order valence-electron chi connectivity index (χ2n) is 2.69. The lowest BCUT2D eigenvalue weighted by Gasteiger charge is -2.01. The number of rotatable bonds is 2. The van der Waals surface area contributed by atoms with Gasteiger partial charge >= 0.3 is 0 Å². The first-order valence-electron chi connectivity index (χ1n) is 4.16. The highest BCUT2D eigenvalue weighted by Crippen LogP contribution is 2.20. The fourth-order valence-electron chi connectivity index (χ4n) is 0.858. The molecule has 1 aromatic rings. The molecule has 5 nitrogen and oxygen atoms in total. The van der Waals surface area contributed by atoms with Gasteiger partial charge in [-0.05, 0) is 24.4 Å². The summed E-state index contributed by atoms with van der Waals surface area (Å²) in [6.07, 6.45) is 1.40. The Bertz CT molecular complexity index is 393. The van der Waals surface area contributed by atoms with Crippen LogP contribution in [0.4, 0.5) is 0 Å². The molecule has 0 heterocycles. The molecule has 4 N–H and O–H groups in total. The van der Waals surface area contributed by atoms with Crippen molar-refractivity contribution < 1.29 is 10.2 Å². The van der Waals surface area contributed by atoms with Gasteiger partial charge in [-0.1, -0.05) is 0 Å². The first kappa shape index (κ1) is 11.3. The summed E-state index contributed by atoms with van der Waals surface area (Å²) in [6, 6.07) is 4.23. The number of nitrogens with one attached hydrogen (secondary N) is 2. The van der Waals surface area contributed by atoms with Crippen molar-refractivity contribution in [1.29, 1.82) is 0 Å². The van der Waals surface area contributed by atoms with Crippen LogP contribution in [0.15, 0.2) is 23.3 Å². The minimum Gasteiger partial charge on any atom is -0.508 e. The van der Waals surface area contributed by atoms with Crippen LogP contribution in [0.5, 0.6) is 11.5 Å². The summed E-state index contributed by atoms with van der Waals surface area (Å²) in [5.74, 6) is -0.0423. The van der Waals surface area contributed by atoms with Crippen LogP contribution in [0.25, 0.3) is 0 Å². The van der Waals surface area contributed by atoms with E-state index >= 15 is 0 Å². The van der Waals surface area contributed by atoms with Crippen molar-refractivity contribution in [3.63, 3.8) is 0 Å². The highest BCUT2D eigenvalue weighted by molar-refractivity contribution is 7.80. The van der Waals surface area contributed by atoms with Gasteiger partial charge in [0, 0.05) is 18.7 Å². The van der Waals surface area contributed by atoms with E-state index in [4.69, 9.17) is 17.3 Å². The lowest BCUT2D eigenvalue weighted by atomic mass is 10.2. The lowest BCUT2D eigenvalue weighted by Crippen LogP contribution is -2.28. The van der Waals surface area contributed by atoms with Crippen molar-refractivity contribution in [2.45, 2.75) is 0 Å². The van der Waals surface area contributed by atoms with E-state index in [9.17, 15) is 5.11 Å². The van der Waals surface area contributed by atoms with Crippen molar-refractivity contribution >= 4 is 23.5 Å². The molecule has 0 saturated heterocycles. The Labute approximate surface area is 92.4 Å². The van der Waals surface area contributed by atoms with Crippen molar-refractivity contribution in [3.05, 3.63) is 23.8 Å². The quantitative estimate of drug-likeness (QED) is 0.335. The van der Waals surface area contributed by atoms with Crippen LogP contribution in [0.3, 0.4) is 0 Å². The fourth-order valence-corrected chi connectivity index (χ4v) is 0.910. The van der Waals surface area contributed by atoms with E-state index in [2.05, 4.69) is 15.8 Å². The molecule has 0 atom stereocenters. The molecule has 1 rings (SSSR count). The van der Waals surface area contributed by atoms with E-state index in [-0.39, 0.29) is 11.5 Å². The molecule has 0 unspecified atom stereocenters. The average molecular weight is 225 g/mol. The van der Waals surface area contributed by atoms with Crippen LogP contribution < -0.4 is 10.7 Å². The van der Waals surface area contributed by atoms with Crippen molar-refractivity contribution in [2.24, 2.45) is 5.10 Å². The summed E-state index contributed by atoms with van der Waals surface area (Å²) in [5, 5.41) is 25.3. The Morgan fingerprint density at radius 2 is 2.20 bits per heavy atom. The summed E-state index contributed by atoms with van der Waals surface area (Å²) < 4.78 is 0. The molecule has 0 aliphatic rings. The third-order valence-corrected chi connectivity index (χ3v) is 1.91. The zero-order valence-corrected chi connectivity index (χ0v) is 8.88. The lowest BCUT2D eigenvalue weighted by molar-refractivity contribution is 0.450. The Hall–Kier alpha value is -1.82. The van der Waals surface area contributed by atoms with Crippen LogP contribution >= 0.6 is 12.2 Å². The van der Waals surface area contributed by atoms with E-state index in [1.54, 1.807) is 7.05 Å². The molecule has 0 aromatic heterocycles. The molecule has 0 spiro atoms. The number of hydrazone groups is 1. The maximum atomic E-state index is 9.39. The minimum atomic E-state index is -0.0454. The zero-order chi connectivity index (χ0) is 11.3. The number of phenolic OH excluding ortho intramolecular Hbond substituents is 2. The smallest absolute Gasteiger partial charge is 0.186 e. The van der Waals surface area contributed by atoms with Crippen LogP contribution in [0.2, 0.25) is 0 Å². The van der Waals surface area contributed by atoms with E-state index < -0.39 is 0 Å². The van der Waals surface area contributed by atoms with E-state index in [1.807, 2.05) is 0 Å². The van der Waals surface area contributed by atoms with Crippen LogP contribution in [0.1, 0.15) is 5.56 Å². The Balaban J connectivity index is 2.68. The first-order valence-corrected chi connectivity index (χ1v) is 4.57. The van der Waals surface area contributed by atoms with Crippen molar-refractivity contribution in [2.75, 3.05) is 7.05 Å². The number of aromatic hydroxyl groups is 2. The normalized spacial score (nSPS) is 10.2. The Morgan fingerprint density at radius 3 is 2.80 bits per heavy atom. The Kier molecular flexibility index (Phi) is 3.87. The van der Waals surface area contributed by atoms with E-state index in [1.165, 1.54) is 24.4 Å². The number of phenols is 2. The molecule has 0 aliphatic heterocycles. The SMILES string of the molecule is CNC(=S)NN=Cc1ccc(O)cc1O. The van der Waals surface area contributed by atoms with Gasteiger partial charge in [-0.15, -0.1) is 0 Å². The van der Waals surface area contributed by atoms with E-state index in [0.29, 0.717) is 10.7 Å². The number of hydrogen-bond acceptors (Lipinski definition) is 4. The average Bonchev–Trinajstić information content (AvgIpc) is 2.21. The zero-order valence-electron chi connectivity index (χ0n) is 8.06. The molecule has 0 bridgehead atoms. The summed E-state index contributed by atoms with van der Waals surface area (Å²) >= 11 is 4.79. The van der Waals surface area contributed by atoms with Crippen LogP contribution in [-0.2, 0) is 0 Å². The maximum absolute atomic E-state index is 9.39. The van der Waals surface area contributed by atoms with Gasteiger partial charge in [0.25, 0.3) is 0 Å². The minimum absolute atomic E-state index is 0.00311. The highest BCUT2D eigenvalue weighted by atomic mass is 32.1. The predicted octanol–water partition coefficient (Wildman–Crippen LogP) is 0.526. The first-order chi connectivity index (χ1) is 7.13. The molecule has 0 amide bonds. The molecule has 15 heavy (non-hydrogen) atoms. The highest BCUT2D eigenvalue weighted by Gasteiger charge is 1.98. The molecule has 0 radical (unpaired) electrons. The van der Waals surface area contributed by atoms with Gasteiger partial charge in [-0.2, -0.15) is 5.10 Å². The van der Waals surface area contributed by atoms with Gasteiger partial charge in [0.2, 0.25) is 0 Å². The number of benzene rings is 1. The van der Waals surface area contributed by atoms with Gasteiger partial charge in [0.1, 0.15) is 11.5 Å². The molecule has 80 valence electrons. The monoisotopic (exact) mass is 225 g/mol. The summed E-state index contributed by atoms with van der Waals surface area (Å²) in [6.45, 7) is 0. The maximum Gasteiger partial charge on any atom is 0.186 e. The van der Waals surface area contributed by atoms with Crippen LogP contribution in [-0.4, -0.2) is 28.6 Å². The van der Waals surface area contributed by atoms with Gasteiger partial charge in [-0.3, -0.25) is 5.43 Å². The topological polar surface area (TPSA) is 76.9 Å². The second kappa shape index (κ2) is 5.16. The molecule has 0 aliphatic carbocycles.